The number of rotatable bonds is 5. The van der Waals surface area contributed by atoms with Crippen LogP contribution in [0.1, 0.15) is 31.7 Å². The van der Waals surface area contributed by atoms with Crippen LogP contribution in [0.15, 0.2) is 11.4 Å². The highest BCUT2D eigenvalue weighted by molar-refractivity contribution is 7.14. The fraction of sp³-hybridized carbons (Fsp3) is 0.429. The minimum Gasteiger partial charge on any atom is -0.370 e. The average Bonchev–Trinajstić information content (AvgIpc) is 2.80. The van der Waals surface area contributed by atoms with Gasteiger partial charge in [-0.1, -0.05) is 18.5 Å². The van der Waals surface area contributed by atoms with Crippen LogP contribution in [0.5, 0.6) is 0 Å². The molecular weight excluding hydrogens is 278 g/mol. The predicted octanol–water partition coefficient (Wildman–Crippen LogP) is 4.55. The van der Waals surface area contributed by atoms with E-state index in [1.165, 1.54) is 0 Å². The van der Waals surface area contributed by atoms with Gasteiger partial charge in [0.15, 0.2) is 0 Å². The van der Waals surface area contributed by atoms with Crippen molar-refractivity contribution in [1.29, 1.82) is 0 Å². The zero-order valence-electron chi connectivity index (χ0n) is 11.5. The van der Waals surface area contributed by atoms with Crippen LogP contribution in [0.3, 0.4) is 0 Å². The maximum absolute atomic E-state index is 6.23. The molecule has 0 fully saturated rings. The van der Waals surface area contributed by atoms with Gasteiger partial charge in [-0.25, -0.2) is 9.97 Å². The van der Waals surface area contributed by atoms with Crippen molar-refractivity contribution in [2.75, 3.05) is 11.9 Å². The van der Waals surface area contributed by atoms with Crippen LogP contribution in [0.4, 0.5) is 5.82 Å². The van der Waals surface area contributed by atoms with Crippen LogP contribution in [0, 0.1) is 6.92 Å². The fourth-order valence-corrected chi connectivity index (χ4v) is 3.11. The number of anilines is 1. The lowest BCUT2D eigenvalue weighted by Crippen LogP contribution is -2.07. The Morgan fingerprint density at radius 1 is 1.32 bits per heavy atom. The van der Waals surface area contributed by atoms with Gasteiger partial charge in [-0.05, 0) is 31.7 Å². The van der Waals surface area contributed by atoms with Crippen LogP contribution in [0.2, 0.25) is 5.02 Å². The highest BCUT2D eigenvalue weighted by Gasteiger charge is 2.15. The third-order valence-electron chi connectivity index (χ3n) is 2.84. The molecule has 0 spiro atoms. The van der Waals surface area contributed by atoms with Gasteiger partial charge in [0, 0.05) is 18.5 Å². The molecule has 3 nitrogen and oxygen atoms in total. The molecule has 0 atom stereocenters. The van der Waals surface area contributed by atoms with E-state index in [0.717, 1.165) is 52.2 Å². The molecule has 0 aromatic carbocycles. The molecule has 0 aliphatic carbocycles. The summed E-state index contributed by atoms with van der Waals surface area (Å²) in [7, 11) is 0. The standard InChI is InChI=1S/C14H18ClN3S/c1-4-6-11-17-12(13-10(15)7-8-19-13)9(3)14(18-11)16-5-2/h7-8H,4-6H2,1-3H3,(H,16,17,18). The molecule has 0 radical (unpaired) electrons. The zero-order valence-corrected chi connectivity index (χ0v) is 13.0. The van der Waals surface area contributed by atoms with Crippen molar-refractivity contribution in [3.05, 3.63) is 27.9 Å². The molecule has 0 bridgehead atoms. The number of aryl methyl sites for hydroxylation is 1. The van der Waals surface area contributed by atoms with Crippen LogP contribution in [-0.4, -0.2) is 16.5 Å². The van der Waals surface area contributed by atoms with Crippen molar-refractivity contribution < 1.29 is 0 Å². The van der Waals surface area contributed by atoms with Crippen molar-refractivity contribution in [1.82, 2.24) is 9.97 Å². The Labute approximate surface area is 123 Å². The molecule has 0 saturated carbocycles. The summed E-state index contributed by atoms with van der Waals surface area (Å²) in [6, 6.07) is 1.91. The summed E-state index contributed by atoms with van der Waals surface area (Å²) in [4.78, 5) is 10.3. The Morgan fingerprint density at radius 2 is 2.11 bits per heavy atom. The Kier molecular flexibility index (Phi) is 4.77. The van der Waals surface area contributed by atoms with Gasteiger partial charge in [0.2, 0.25) is 0 Å². The molecular formula is C14H18ClN3S. The molecule has 1 N–H and O–H groups in total. The van der Waals surface area contributed by atoms with Gasteiger partial charge in [-0.15, -0.1) is 11.3 Å². The Balaban J connectivity index is 2.55. The highest BCUT2D eigenvalue weighted by atomic mass is 35.5. The summed E-state index contributed by atoms with van der Waals surface area (Å²) < 4.78 is 0. The summed E-state index contributed by atoms with van der Waals surface area (Å²) in [5.74, 6) is 1.80. The first-order valence-electron chi connectivity index (χ1n) is 6.52. The predicted molar refractivity (Wildman–Crippen MR) is 83.3 cm³/mol. The van der Waals surface area contributed by atoms with Gasteiger partial charge in [0.05, 0.1) is 15.6 Å². The minimum atomic E-state index is 0.761. The number of nitrogens with one attached hydrogen (secondary N) is 1. The van der Waals surface area contributed by atoms with Crippen LogP contribution in [0.25, 0.3) is 10.6 Å². The number of halogens is 1. The highest BCUT2D eigenvalue weighted by Crippen LogP contribution is 2.35. The fourth-order valence-electron chi connectivity index (χ4n) is 1.92. The van der Waals surface area contributed by atoms with Crippen molar-refractivity contribution in [2.24, 2.45) is 0 Å². The van der Waals surface area contributed by atoms with E-state index in [1.807, 2.05) is 18.4 Å². The van der Waals surface area contributed by atoms with Crippen molar-refractivity contribution >= 4 is 28.8 Å². The van der Waals surface area contributed by atoms with Gasteiger partial charge in [0.25, 0.3) is 0 Å². The van der Waals surface area contributed by atoms with Crippen LogP contribution >= 0.6 is 22.9 Å². The number of aromatic nitrogens is 2. The average molecular weight is 296 g/mol. The molecule has 5 heteroatoms. The Bertz CT molecular complexity index is 566. The van der Waals surface area contributed by atoms with E-state index in [-0.39, 0.29) is 0 Å². The summed E-state index contributed by atoms with van der Waals surface area (Å²) in [6.07, 6.45) is 1.92. The first kappa shape index (κ1) is 14.3. The van der Waals surface area contributed by atoms with Crippen LogP contribution < -0.4 is 5.32 Å². The number of nitrogens with zero attached hydrogens (tertiary/aromatic N) is 2. The lowest BCUT2D eigenvalue weighted by atomic mass is 10.2. The first-order chi connectivity index (χ1) is 9.17. The van der Waals surface area contributed by atoms with Gasteiger partial charge in [-0.2, -0.15) is 0 Å². The molecule has 2 aromatic rings. The van der Waals surface area contributed by atoms with Crippen molar-refractivity contribution in [2.45, 2.75) is 33.6 Å². The van der Waals surface area contributed by atoms with E-state index in [1.54, 1.807) is 11.3 Å². The van der Waals surface area contributed by atoms with Gasteiger partial charge < -0.3 is 5.32 Å². The molecule has 102 valence electrons. The molecule has 0 unspecified atom stereocenters. The largest absolute Gasteiger partial charge is 0.370 e. The Morgan fingerprint density at radius 3 is 2.68 bits per heavy atom. The summed E-state index contributed by atoms with van der Waals surface area (Å²) in [6.45, 7) is 7.09. The number of thiophene rings is 1. The second-order valence-electron chi connectivity index (χ2n) is 4.34. The Hall–Kier alpha value is -1.13. The summed E-state index contributed by atoms with van der Waals surface area (Å²) in [5, 5.41) is 6.06. The lowest BCUT2D eigenvalue weighted by molar-refractivity contribution is 0.833. The van der Waals surface area contributed by atoms with Crippen molar-refractivity contribution in [3.63, 3.8) is 0 Å². The molecule has 0 saturated heterocycles. The number of hydrogen-bond donors (Lipinski definition) is 1. The smallest absolute Gasteiger partial charge is 0.133 e. The van der Waals surface area contributed by atoms with Gasteiger partial charge >= 0.3 is 0 Å². The summed E-state index contributed by atoms with van der Waals surface area (Å²) in [5.41, 5.74) is 2.01. The normalized spacial score (nSPS) is 10.7. The third kappa shape index (κ3) is 3.07. The number of hydrogen-bond acceptors (Lipinski definition) is 4. The van der Waals surface area contributed by atoms with E-state index in [9.17, 15) is 0 Å². The molecule has 2 heterocycles. The molecule has 2 aromatic heterocycles. The van der Waals surface area contributed by atoms with Crippen LogP contribution in [-0.2, 0) is 6.42 Å². The monoisotopic (exact) mass is 295 g/mol. The second kappa shape index (κ2) is 6.35. The van der Waals surface area contributed by atoms with Crippen molar-refractivity contribution in [3.8, 4) is 10.6 Å². The maximum atomic E-state index is 6.23. The quantitative estimate of drug-likeness (QED) is 0.879. The van der Waals surface area contributed by atoms with E-state index < -0.39 is 0 Å². The zero-order chi connectivity index (χ0) is 13.8. The second-order valence-corrected chi connectivity index (χ2v) is 5.66. The molecule has 0 aliphatic rings. The minimum absolute atomic E-state index is 0.761. The van der Waals surface area contributed by atoms with E-state index in [4.69, 9.17) is 11.6 Å². The first-order valence-corrected chi connectivity index (χ1v) is 7.77. The molecule has 0 aliphatic heterocycles. The lowest BCUT2D eigenvalue weighted by Gasteiger charge is -2.12. The topological polar surface area (TPSA) is 37.8 Å². The molecule has 2 rings (SSSR count). The molecule has 0 amide bonds. The van der Waals surface area contributed by atoms with Gasteiger partial charge in [-0.3, -0.25) is 0 Å². The van der Waals surface area contributed by atoms with E-state index >= 15 is 0 Å². The van der Waals surface area contributed by atoms with E-state index in [2.05, 4.69) is 29.1 Å². The maximum Gasteiger partial charge on any atom is 0.133 e. The van der Waals surface area contributed by atoms with Gasteiger partial charge in [0.1, 0.15) is 11.6 Å². The molecule has 19 heavy (non-hydrogen) atoms. The SMILES string of the molecule is CCCc1nc(NCC)c(C)c(-c2sccc2Cl)n1. The van der Waals surface area contributed by atoms with E-state index in [0.29, 0.717) is 0 Å². The third-order valence-corrected chi connectivity index (χ3v) is 4.19. The summed E-state index contributed by atoms with van der Waals surface area (Å²) >= 11 is 7.86.